The van der Waals surface area contributed by atoms with Gasteiger partial charge in [0.1, 0.15) is 5.76 Å². The van der Waals surface area contributed by atoms with Gasteiger partial charge in [-0.1, -0.05) is 32.4 Å². The Bertz CT molecular complexity index is 904. The zero-order valence-corrected chi connectivity index (χ0v) is 18.1. The molecule has 5 aliphatic rings. The molecule has 6 atom stereocenters. The number of rotatable bonds is 2. The van der Waals surface area contributed by atoms with Gasteiger partial charge in [0.05, 0.1) is 0 Å². The molecule has 0 amide bonds. The summed E-state index contributed by atoms with van der Waals surface area (Å²) in [6.07, 6.45) is 5.15. The van der Waals surface area contributed by atoms with E-state index >= 15 is 0 Å². The SMILES string of the molecule is [2H]C([2H])([2H])C1=NC2OC3=C([C@@H]4NCC=C5C4SC[C@H]5C([2H])([2H])C(C)(C)C)CCCC3C2CC1. The van der Waals surface area contributed by atoms with Gasteiger partial charge in [0.15, 0.2) is 6.23 Å². The predicted octanol–water partition coefficient (Wildman–Crippen LogP) is 5.33. The smallest absolute Gasteiger partial charge is 0.192 e. The second-order valence-electron chi connectivity index (χ2n) is 9.97. The molecule has 4 unspecified atom stereocenters. The van der Waals surface area contributed by atoms with E-state index in [0.717, 1.165) is 43.7 Å². The summed E-state index contributed by atoms with van der Waals surface area (Å²) in [7, 11) is 0. The lowest BCUT2D eigenvalue weighted by Crippen LogP contribution is -2.45. The molecule has 1 aliphatic carbocycles. The molecule has 5 rings (SSSR count). The highest BCUT2D eigenvalue weighted by Crippen LogP contribution is 2.52. The quantitative estimate of drug-likeness (QED) is 0.630. The summed E-state index contributed by atoms with van der Waals surface area (Å²) < 4.78 is 47.5. The Hall–Kier alpha value is -0.740. The number of allylic oxidation sites excluding steroid dienone is 1. The van der Waals surface area contributed by atoms with Crippen molar-refractivity contribution in [1.29, 1.82) is 0 Å². The number of nitrogens with one attached hydrogen (secondary N) is 1. The van der Waals surface area contributed by atoms with Crippen LogP contribution in [0.15, 0.2) is 28.0 Å². The zero-order chi connectivity index (χ0) is 23.8. The van der Waals surface area contributed by atoms with Crippen molar-refractivity contribution >= 4 is 17.5 Å². The number of hydrogen-bond donors (Lipinski definition) is 1. The summed E-state index contributed by atoms with van der Waals surface area (Å²) in [5, 5.41) is 3.95. The van der Waals surface area contributed by atoms with E-state index in [9.17, 15) is 0 Å². The molecule has 4 aliphatic heterocycles. The lowest BCUT2D eigenvalue weighted by Gasteiger charge is -2.36. The summed E-state index contributed by atoms with van der Waals surface area (Å²) >= 11 is 1.88. The highest BCUT2D eigenvalue weighted by molar-refractivity contribution is 8.00. The van der Waals surface area contributed by atoms with E-state index in [4.69, 9.17) is 11.6 Å². The van der Waals surface area contributed by atoms with Gasteiger partial charge >= 0.3 is 0 Å². The number of nitrogens with zero attached hydrogens (tertiary/aromatic N) is 1. The lowest BCUT2D eigenvalue weighted by molar-refractivity contribution is 0.128. The zero-order valence-electron chi connectivity index (χ0n) is 22.3. The Labute approximate surface area is 181 Å². The maximum absolute atomic E-state index is 8.90. The molecule has 1 N–H and O–H groups in total. The molecular weight excluding hydrogens is 364 g/mol. The molecule has 0 aromatic carbocycles. The maximum atomic E-state index is 8.90. The van der Waals surface area contributed by atoms with Crippen LogP contribution < -0.4 is 5.32 Å². The molecule has 0 aromatic heterocycles. The van der Waals surface area contributed by atoms with Crippen LogP contribution in [0, 0.1) is 23.2 Å². The molecule has 4 heterocycles. The van der Waals surface area contributed by atoms with Gasteiger partial charge in [-0.3, -0.25) is 4.99 Å². The third-order valence-corrected chi connectivity index (χ3v) is 8.31. The van der Waals surface area contributed by atoms with Crippen LogP contribution in [0.25, 0.3) is 0 Å². The van der Waals surface area contributed by atoms with Gasteiger partial charge in [-0.05, 0) is 62.2 Å². The van der Waals surface area contributed by atoms with E-state index in [1.807, 2.05) is 32.5 Å². The minimum Gasteiger partial charge on any atom is -0.472 e. The van der Waals surface area contributed by atoms with Crippen LogP contribution in [-0.2, 0) is 4.74 Å². The van der Waals surface area contributed by atoms with Crippen molar-refractivity contribution in [3.63, 3.8) is 0 Å². The maximum Gasteiger partial charge on any atom is 0.192 e. The van der Waals surface area contributed by atoms with E-state index in [1.165, 1.54) is 11.1 Å². The van der Waals surface area contributed by atoms with Crippen LogP contribution in [0.5, 0.6) is 0 Å². The highest BCUT2D eigenvalue weighted by Gasteiger charge is 2.48. The molecule has 0 spiro atoms. The van der Waals surface area contributed by atoms with Crippen LogP contribution in [0.1, 0.15) is 73.0 Å². The number of fused-ring (bicyclic) bond motifs is 4. The van der Waals surface area contributed by atoms with Gasteiger partial charge in [0.2, 0.25) is 0 Å². The van der Waals surface area contributed by atoms with Crippen molar-refractivity contribution in [2.75, 3.05) is 12.3 Å². The third kappa shape index (κ3) is 3.39. The van der Waals surface area contributed by atoms with Crippen molar-refractivity contribution < 1.29 is 11.6 Å². The van der Waals surface area contributed by atoms with Crippen LogP contribution in [0.2, 0.25) is 0 Å². The molecule has 0 aromatic rings. The van der Waals surface area contributed by atoms with Crippen LogP contribution in [-0.4, -0.2) is 35.5 Å². The number of ether oxygens (including phenoxy) is 1. The number of aliphatic imine (C=N–C) groups is 1. The Kier molecular flexibility index (Phi) is 3.67. The van der Waals surface area contributed by atoms with E-state index < -0.39 is 18.6 Å². The topological polar surface area (TPSA) is 33.6 Å². The Balaban J connectivity index is 1.44. The van der Waals surface area contributed by atoms with E-state index in [1.54, 1.807) is 0 Å². The fraction of sp³-hybridized carbons (Fsp3) is 0.792. The van der Waals surface area contributed by atoms with Crippen LogP contribution >= 0.6 is 11.8 Å². The molecule has 3 nitrogen and oxygen atoms in total. The molecule has 2 saturated heterocycles. The monoisotopic (exact) mass is 405 g/mol. The first-order valence-corrected chi connectivity index (χ1v) is 12.0. The fourth-order valence-electron chi connectivity index (χ4n) is 5.79. The molecule has 28 heavy (non-hydrogen) atoms. The average molecular weight is 406 g/mol. The van der Waals surface area contributed by atoms with Gasteiger partial charge in [-0.2, -0.15) is 11.8 Å². The number of thioether (sulfide) groups is 1. The Morgan fingerprint density at radius 3 is 3.07 bits per heavy atom. The summed E-state index contributed by atoms with van der Waals surface area (Å²) in [5.74, 6) is 2.41. The average Bonchev–Trinajstić information content (AvgIpc) is 3.33. The van der Waals surface area contributed by atoms with Crippen molar-refractivity contribution in [3.05, 3.63) is 23.0 Å². The minimum atomic E-state index is -2.13. The first kappa shape index (κ1) is 14.3. The molecule has 0 saturated carbocycles. The summed E-state index contributed by atoms with van der Waals surface area (Å²) in [4.78, 5) is 4.57. The highest BCUT2D eigenvalue weighted by atomic mass is 32.2. The lowest BCUT2D eigenvalue weighted by atomic mass is 9.74. The minimum absolute atomic E-state index is 0.0689. The molecule has 0 radical (unpaired) electrons. The number of hydrogen-bond acceptors (Lipinski definition) is 4. The fourth-order valence-corrected chi connectivity index (χ4v) is 7.37. The van der Waals surface area contributed by atoms with Crippen molar-refractivity contribution in [1.82, 2.24) is 5.32 Å². The summed E-state index contributed by atoms with van der Waals surface area (Å²) in [5.41, 5.74) is 2.47. The standard InChI is InChI=1S/C24H36N2OS/c1-14-8-9-18-17-6-5-7-19(21(17)27-23(18)26-14)20-22-16(10-11-25-20)15(13-28-22)12-24(2,3)4/h10,15,17-18,20,22-23,25H,5-9,11-13H2,1-4H3/t15-,17?,18?,20+,22?,23?/m1/s1/i1D3,12D2. The van der Waals surface area contributed by atoms with Crippen LogP contribution in [0.4, 0.5) is 0 Å². The van der Waals surface area contributed by atoms with Crippen molar-refractivity contribution in [2.24, 2.45) is 28.2 Å². The molecular formula is C24H36N2OS. The van der Waals surface area contributed by atoms with E-state index in [-0.39, 0.29) is 29.4 Å². The first-order valence-electron chi connectivity index (χ1n) is 13.4. The summed E-state index contributed by atoms with van der Waals surface area (Å²) in [6, 6.07) is 0.153. The Morgan fingerprint density at radius 2 is 2.25 bits per heavy atom. The third-order valence-electron chi connectivity index (χ3n) is 6.88. The normalized spacial score (nSPS) is 43.9. The molecule has 2 fully saturated rings. The second-order valence-corrected chi connectivity index (χ2v) is 11.1. The van der Waals surface area contributed by atoms with E-state index in [2.05, 4.69) is 16.4 Å². The Morgan fingerprint density at radius 1 is 1.36 bits per heavy atom. The van der Waals surface area contributed by atoms with Crippen molar-refractivity contribution in [2.45, 2.75) is 83.6 Å². The first-order chi connectivity index (χ1) is 15.4. The molecule has 0 bridgehead atoms. The second kappa shape index (κ2) is 7.19. The predicted molar refractivity (Wildman–Crippen MR) is 119 cm³/mol. The van der Waals surface area contributed by atoms with Gasteiger partial charge in [-0.15, -0.1) is 0 Å². The largest absolute Gasteiger partial charge is 0.472 e. The van der Waals surface area contributed by atoms with E-state index in [0.29, 0.717) is 18.1 Å². The van der Waals surface area contributed by atoms with Gasteiger partial charge < -0.3 is 10.1 Å². The molecule has 4 heteroatoms. The molecule has 154 valence electrons. The van der Waals surface area contributed by atoms with Crippen molar-refractivity contribution in [3.8, 4) is 0 Å². The van der Waals surface area contributed by atoms with Crippen LogP contribution in [0.3, 0.4) is 0 Å². The summed E-state index contributed by atoms with van der Waals surface area (Å²) in [6.45, 7) is 4.63. The van der Waals surface area contributed by atoms with Gasteiger partial charge in [0, 0.05) is 48.0 Å². The van der Waals surface area contributed by atoms with Gasteiger partial charge in [-0.25, -0.2) is 0 Å². The van der Waals surface area contributed by atoms with Gasteiger partial charge in [0.25, 0.3) is 0 Å².